The molecule has 0 aliphatic carbocycles. The van der Waals surface area contributed by atoms with Gasteiger partial charge >= 0.3 is 6.03 Å². The Labute approximate surface area is 194 Å². The summed E-state index contributed by atoms with van der Waals surface area (Å²) in [6, 6.07) is 10.7. The Bertz CT molecular complexity index is 1400. The molecule has 3 aromatic rings. The van der Waals surface area contributed by atoms with E-state index in [1.807, 2.05) is 19.9 Å². The van der Waals surface area contributed by atoms with E-state index in [0.29, 0.717) is 22.6 Å². The number of urea groups is 1. The Morgan fingerprint density at radius 1 is 0.971 bits per heavy atom. The summed E-state index contributed by atoms with van der Waals surface area (Å²) in [5, 5.41) is 13.5. The van der Waals surface area contributed by atoms with Crippen LogP contribution in [0.3, 0.4) is 0 Å². The SMILES string of the molecule is Cc1cc(C)cc(N2C(=O)NC(=O)/C(=C\c3ccc(-c4cc(C)c(C)c([N+](=O)[O-])c4)o3)C2=O)c1. The first-order valence-corrected chi connectivity index (χ1v) is 10.4. The summed E-state index contributed by atoms with van der Waals surface area (Å²) in [7, 11) is 0. The number of nitro benzene ring substituents is 1. The number of rotatable bonds is 4. The van der Waals surface area contributed by atoms with Crippen molar-refractivity contribution in [1.82, 2.24) is 5.32 Å². The molecule has 1 aliphatic heterocycles. The minimum absolute atomic E-state index is 0.0317. The number of carbonyl (C=O) groups excluding carboxylic acids is 3. The van der Waals surface area contributed by atoms with E-state index in [9.17, 15) is 24.5 Å². The lowest BCUT2D eigenvalue weighted by atomic mass is 10.0. The number of carbonyl (C=O) groups is 3. The monoisotopic (exact) mass is 459 g/mol. The van der Waals surface area contributed by atoms with Crippen molar-refractivity contribution >= 4 is 35.3 Å². The molecule has 4 amide bonds. The Hall–Kier alpha value is -4.53. The van der Waals surface area contributed by atoms with Crippen LogP contribution in [0.4, 0.5) is 16.2 Å². The Kier molecular flexibility index (Phi) is 5.62. The lowest BCUT2D eigenvalue weighted by Gasteiger charge is -2.26. The number of hydrogen-bond acceptors (Lipinski definition) is 6. The molecule has 0 unspecified atom stereocenters. The van der Waals surface area contributed by atoms with E-state index in [-0.39, 0.29) is 17.0 Å². The van der Waals surface area contributed by atoms with E-state index in [1.54, 1.807) is 44.2 Å². The fraction of sp³-hybridized carbons (Fsp3) is 0.160. The minimum Gasteiger partial charge on any atom is -0.457 e. The number of benzene rings is 2. The topological polar surface area (TPSA) is 123 Å². The van der Waals surface area contributed by atoms with Gasteiger partial charge in [0.25, 0.3) is 17.5 Å². The highest BCUT2D eigenvalue weighted by atomic mass is 16.6. The highest BCUT2D eigenvalue weighted by molar-refractivity contribution is 6.39. The van der Waals surface area contributed by atoms with Crippen LogP contribution in [0.25, 0.3) is 17.4 Å². The number of amides is 4. The maximum Gasteiger partial charge on any atom is 0.335 e. The smallest absolute Gasteiger partial charge is 0.335 e. The number of furan rings is 1. The molecule has 0 radical (unpaired) electrons. The zero-order valence-electron chi connectivity index (χ0n) is 19.0. The van der Waals surface area contributed by atoms with Crippen molar-refractivity contribution < 1.29 is 23.7 Å². The predicted octanol–water partition coefficient (Wildman–Crippen LogP) is 4.75. The van der Waals surface area contributed by atoms with Gasteiger partial charge < -0.3 is 4.42 Å². The van der Waals surface area contributed by atoms with E-state index < -0.39 is 22.8 Å². The van der Waals surface area contributed by atoms with E-state index in [1.165, 1.54) is 12.1 Å². The first kappa shape index (κ1) is 22.7. The molecule has 9 nitrogen and oxygen atoms in total. The zero-order valence-corrected chi connectivity index (χ0v) is 19.0. The van der Waals surface area contributed by atoms with Crippen molar-refractivity contribution in [2.75, 3.05) is 4.90 Å². The summed E-state index contributed by atoms with van der Waals surface area (Å²) in [4.78, 5) is 49.8. The van der Waals surface area contributed by atoms with Gasteiger partial charge in [0.2, 0.25) is 0 Å². The molecule has 0 bridgehead atoms. The van der Waals surface area contributed by atoms with E-state index in [0.717, 1.165) is 21.6 Å². The van der Waals surface area contributed by atoms with Crippen LogP contribution in [0.5, 0.6) is 0 Å². The highest BCUT2D eigenvalue weighted by Gasteiger charge is 2.37. The Morgan fingerprint density at radius 3 is 2.29 bits per heavy atom. The van der Waals surface area contributed by atoms with Crippen LogP contribution >= 0.6 is 0 Å². The number of nitro groups is 1. The molecular formula is C25H21N3O6. The van der Waals surface area contributed by atoms with Crippen LogP contribution in [0.15, 0.2) is 52.5 Å². The Balaban J connectivity index is 1.71. The summed E-state index contributed by atoms with van der Waals surface area (Å²) >= 11 is 0. The first-order chi connectivity index (χ1) is 16.0. The maximum absolute atomic E-state index is 13.1. The molecule has 4 rings (SSSR count). The molecular weight excluding hydrogens is 438 g/mol. The number of imide groups is 2. The molecule has 0 saturated carbocycles. The molecule has 172 valence electrons. The summed E-state index contributed by atoms with van der Waals surface area (Å²) in [5.74, 6) is -1.10. The van der Waals surface area contributed by atoms with Gasteiger partial charge in [-0.3, -0.25) is 25.0 Å². The lowest BCUT2D eigenvalue weighted by Crippen LogP contribution is -2.54. The molecule has 9 heteroatoms. The minimum atomic E-state index is -0.838. The van der Waals surface area contributed by atoms with E-state index >= 15 is 0 Å². The first-order valence-electron chi connectivity index (χ1n) is 10.4. The lowest BCUT2D eigenvalue weighted by molar-refractivity contribution is -0.385. The molecule has 2 aromatic carbocycles. The second-order valence-electron chi connectivity index (χ2n) is 8.20. The molecule has 1 aliphatic rings. The summed E-state index contributed by atoms with van der Waals surface area (Å²) in [5.41, 5.74) is 3.54. The van der Waals surface area contributed by atoms with Gasteiger partial charge in [0.15, 0.2) is 0 Å². The van der Waals surface area contributed by atoms with Gasteiger partial charge in [0.1, 0.15) is 17.1 Å². The third-order valence-corrected chi connectivity index (χ3v) is 5.60. The van der Waals surface area contributed by atoms with Crippen LogP contribution < -0.4 is 10.2 Å². The van der Waals surface area contributed by atoms with Crippen LogP contribution in [0.1, 0.15) is 28.0 Å². The summed E-state index contributed by atoms with van der Waals surface area (Å²) in [6.07, 6.45) is 1.25. The van der Waals surface area contributed by atoms with Crippen molar-refractivity contribution in [1.29, 1.82) is 0 Å². The van der Waals surface area contributed by atoms with Gasteiger partial charge in [-0.25, -0.2) is 9.69 Å². The quantitative estimate of drug-likeness (QED) is 0.260. The molecule has 1 N–H and O–H groups in total. The van der Waals surface area contributed by atoms with Crippen LogP contribution in [0, 0.1) is 37.8 Å². The van der Waals surface area contributed by atoms with E-state index in [4.69, 9.17) is 4.42 Å². The average Bonchev–Trinajstić information content (AvgIpc) is 3.20. The van der Waals surface area contributed by atoms with Gasteiger partial charge in [0, 0.05) is 17.2 Å². The fourth-order valence-electron chi connectivity index (χ4n) is 3.87. The molecule has 1 aromatic heterocycles. The third-order valence-electron chi connectivity index (χ3n) is 5.60. The number of hydrogen-bond donors (Lipinski definition) is 1. The summed E-state index contributed by atoms with van der Waals surface area (Å²) < 4.78 is 5.77. The summed E-state index contributed by atoms with van der Waals surface area (Å²) in [6.45, 7) is 7.12. The van der Waals surface area contributed by atoms with Gasteiger partial charge in [0.05, 0.1) is 10.6 Å². The predicted molar refractivity (Wildman–Crippen MR) is 125 cm³/mol. The van der Waals surface area contributed by atoms with Crippen molar-refractivity contribution in [3.8, 4) is 11.3 Å². The number of nitrogens with zero attached hydrogens (tertiary/aromatic N) is 2. The molecule has 1 fully saturated rings. The highest BCUT2D eigenvalue weighted by Crippen LogP contribution is 2.31. The number of nitrogens with one attached hydrogen (secondary N) is 1. The van der Waals surface area contributed by atoms with Gasteiger partial charge in [-0.15, -0.1) is 0 Å². The van der Waals surface area contributed by atoms with Crippen LogP contribution in [-0.4, -0.2) is 22.8 Å². The number of barbiturate groups is 1. The van der Waals surface area contributed by atoms with Crippen molar-refractivity contribution in [3.05, 3.63) is 86.2 Å². The zero-order chi connectivity index (χ0) is 24.7. The van der Waals surface area contributed by atoms with Gasteiger partial charge in [-0.2, -0.15) is 0 Å². The average molecular weight is 459 g/mol. The fourth-order valence-corrected chi connectivity index (χ4v) is 3.87. The number of anilines is 1. The normalized spacial score (nSPS) is 15.1. The standard InChI is InChI=1S/C25H21N3O6/c1-13-7-14(2)9-18(8-13)27-24(30)20(23(29)26-25(27)31)12-19-5-6-22(34-19)17-10-15(3)16(4)21(11-17)28(32)33/h5-12H,1-4H3,(H,26,29,31)/b20-12+. The van der Waals surface area contributed by atoms with Gasteiger partial charge in [-0.1, -0.05) is 6.07 Å². The van der Waals surface area contributed by atoms with Crippen LogP contribution in [-0.2, 0) is 9.59 Å². The van der Waals surface area contributed by atoms with Crippen molar-refractivity contribution in [2.45, 2.75) is 27.7 Å². The van der Waals surface area contributed by atoms with E-state index in [2.05, 4.69) is 5.32 Å². The molecule has 34 heavy (non-hydrogen) atoms. The second kappa shape index (κ2) is 8.43. The molecule has 2 heterocycles. The van der Waals surface area contributed by atoms with Crippen molar-refractivity contribution in [3.63, 3.8) is 0 Å². The molecule has 0 spiro atoms. The Morgan fingerprint density at radius 2 is 1.65 bits per heavy atom. The second-order valence-corrected chi connectivity index (χ2v) is 8.20. The van der Waals surface area contributed by atoms with Gasteiger partial charge in [-0.05, 0) is 80.8 Å². The maximum atomic E-state index is 13.1. The molecule has 0 atom stereocenters. The largest absolute Gasteiger partial charge is 0.457 e. The number of aryl methyl sites for hydroxylation is 3. The third kappa shape index (κ3) is 4.11. The molecule has 1 saturated heterocycles. The van der Waals surface area contributed by atoms with Crippen LogP contribution in [0.2, 0.25) is 0 Å². The van der Waals surface area contributed by atoms with Crippen molar-refractivity contribution in [2.24, 2.45) is 0 Å².